The number of benzene rings is 2. The molecule has 1 aliphatic heterocycles. The van der Waals surface area contributed by atoms with E-state index in [2.05, 4.69) is 20.8 Å². The predicted molar refractivity (Wildman–Crippen MR) is 108 cm³/mol. The first-order valence-electron chi connectivity index (χ1n) is 8.53. The quantitative estimate of drug-likeness (QED) is 0.687. The molecule has 0 fully saturated rings. The first-order chi connectivity index (χ1) is 13.0. The molecule has 7 nitrogen and oxygen atoms in total. The second-order valence-electron chi connectivity index (χ2n) is 6.16. The first kappa shape index (κ1) is 22.2. The molecule has 1 heterocycles. The summed E-state index contributed by atoms with van der Waals surface area (Å²) in [6.07, 6.45) is 0.922. The summed E-state index contributed by atoms with van der Waals surface area (Å²) >= 11 is 0. The van der Waals surface area contributed by atoms with Crippen LogP contribution in [-0.2, 0) is 21.2 Å². The number of fused-ring (bicyclic) bond motifs is 1. The van der Waals surface area contributed by atoms with Gasteiger partial charge in [0, 0.05) is 18.7 Å². The standard InChI is InChI=1S/C19H22N2O5S.ClH/c1-25-18-11-14(7-8-16(18)19(22)26-2)27(23,24)21-12-17-15-6-4-3-5-13(15)9-10-20-17;/h3-8,11,17,20-21H,9-10,12H2,1-2H3;1H. The van der Waals surface area contributed by atoms with Crippen molar-refractivity contribution in [3.63, 3.8) is 0 Å². The fourth-order valence-electron chi connectivity index (χ4n) is 3.17. The average molecular weight is 427 g/mol. The van der Waals surface area contributed by atoms with E-state index in [1.807, 2.05) is 18.2 Å². The van der Waals surface area contributed by atoms with Crippen molar-refractivity contribution in [3.8, 4) is 5.75 Å². The Balaban J connectivity index is 0.00000280. The van der Waals surface area contributed by atoms with Gasteiger partial charge in [-0.2, -0.15) is 0 Å². The molecule has 2 N–H and O–H groups in total. The summed E-state index contributed by atoms with van der Waals surface area (Å²) in [6.45, 7) is 1.02. The zero-order valence-electron chi connectivity index (χ0n) is 15.6. The Labute approximate surface area is 170 Å². The van der Waals surface area contributed by atoms with Crippen LogP contribution in [0.25, 0.3) is 0 Å². The molecule has 9 heteroatoms. The fraction of sp³-hybridized carbons (Fsp3) is 0.316. The molecule has 1 aliphatic rings. The predicted octanol–water partition coefficient (Wildman–Crippen LogP) is 2.07. The minimum Gasteiger partial charge on any atom is -0.496 e. The molecule has 0 saturated heterocycles. The van der Waals surface area contributed by atoms with Crippen LogP contribution >= 0.6 is 12.4 Å². The van der Waals surface area contributed by atoms with Crippen molar-refractivity contribution in [1.82, 2.24) is 10.0 Å². The first-order valence-corrected chi connectivity index (χ1v) is 10.0. The molecular formula is C19H23ClN2O5S. The Morgan fingerprint density at radius 2 is 1.96 bits per heavy atom. The van der Waals surface area contributed by atoms with E-state index in [0.717, 1.165) is 18.5 Å². The van der Waals surface area contributed by atoms with Gasteiger partial charge < -0.3 is 14.8 Å². The van der Waals surface area contributed by atoms with Crippen LogP contribution in [-0.4, -0.2) is 41.7 Å². The summed E-state index contributed by atoms with van der Waals surface area (Å²) in [6, 6.07) is 12.0. The van der Waals surface area contributed by atoms with Gasteiger partial charge in [-0.15, -0.1) is 12.4 Å². The highest BCUT2D eigenvalue weighted by atomic mass is 35.5. The van der Waals surface area contributed by atoms with Gasteiger partial charge in [0.15, 0.2) is 0 Å². The van der Waals surface area contributed by atoms with Gasteiger partial charge in [-0.05, 0) is 36.2 Å². The third-order valence-corrected chi connectivity index (χ3v) is 6.00. The maximum atomic E-state index is 12.7. The summed E-state index contributed by atoms with van der Waals surface area (Å²) in [7, 11) is -1.14. The van der Waals surface area contributed by atoms with E-state index in [9.17, 15) is 13.2 Å². The lowest BCUT2D eigenvalue weighted by atomic mass is 9.95. The van der Waals surface area contributed by atoms with Crippen molar-refractivity contribution >= 4 is 28.4 Å². The van der Waals surface area contributed by atoms with E-state index >= 15 is 0 Å². The lowest BCUT2D eigenvalue weighted by Crippen LogP contribution is -2.38. The molecule has 152 valence electrons. The largest absolute Gasteiger partial charge is 0.496 e. The fourth-order valence-corrected chi connectivity index (χ4v) is 4.23. The number of carbonyl (C=O) groups excluding carboxylic acids is 1. The summed E-state index contributed by atoms with van der Waals surface area (Å²) in [5.74, 6) is -0.447. The van der Waals surface area contributed by atoms with Crippen molar-refractivity contribution in [1.29, 1.82) is 0 Å². The van der Waals surface area contributed by atoms with Gasteiger partial charge in [0.2, 0.25) is 10.0 Å². The number of methoxy groups -OCH3 is 2. The molecule has 0 aliphatic carbocycles. The third-order valence-electron chi connectivity index (χ3n) is 4.58. The number of sulfonamides is 1. The highest BCUT2D eigenvalue weighted by Gasteiger charge is 2.23. The number of hydrogen-bond acceptors (Lipinski definition) is 6. The van der Waals surface area contributed by atoms with Crippen LogP contribution < -0.4 is 14.8 Å². The number of carbonyl (C=O) groups is 1. The molecule has 2 aromatic rings. The smallest absolute Gasteiger partial charge is 0.341 e. The average Bonchev–Trinajstić information content (AvgIpc) is 2.71. The van der Waals surface area contributed by atoms with Gasteiger partial charge in [-0.3, -0.25) is 0 Å². The molecule has 28 heavy (non-hydrogen) atoms. The Morgan fingerprint density at radius 1 is 1.21 bits per heavy atom. The Bertz CT molecular complexity index is 949. The number of halogens is 1. The number of rotatable bonds is 6. The molecular weight excluding hydrogens is 404 g/mol. The van der Waals surface area contributed by atoms with E-state index in [1.54, 1.807) is 0 Å². The minimum absolute atomic E-state index is 0. The number of nitrogens with one attached hydrogen (secondary N) is 2. The van der Waals surface area contributed by atoms with E-state index in [0.29, 0.717) is 0 Å². The Hall–Kier alpha value is -2.13. The van der Waals surface area contributed by atoms with Gasteiger partial charge in [-0.1, -0.05) is 24.3 Å². The van der Waals surface area contributed by atoms with Gasteiger partial charge in [0.05, 0.1) is 19.1 Å². The van der Waals surface area contributed by atoms with E-state index < -0.39 is 16.0 Å². The molecule has 0 spiro atoms. The van der Waals surface area contributed by atoms with Crippen LogP contribution in [0.5, 0.6) is 5.75 Å². The summed E-state index contributed by atoms with van der Waals surface area (Å²) in [5, 5.41) is 3.34. The number of hydrogen-bond donors (Lipinski definition) is 2. The van der Waals surface area contributed by atoms with Crippen molar-refractivity contribution in [3.05, 3.63) is 59.2 Å². The van der Waals surface area contributed by atoms with Crippen LogP contribution in [0.15, 0.2) is 47.4 Å². The van der Waals surface area contributed by atoms with E-state index in [-0.39, 0.29) is 41.2 Å². The molecule has 2 aromatic carbocycles. The van der Waals surface area contributed by atoms with Gasteiger partial charge in [0.25, 0.3) is 0 Å². The maximum Gasteiger partial charge on any atom is 0.341 e. The van der Waals surface area contributed by atoms with E-state index in [1.165, 1.54) is 38.0 Å². The highest BCUT2D eigenvalue weighted by molar-refractivity contribution is 7.89. The van der Waals surface area contributed by atoms with Crippen LogP contribution in [0, 0.1) is 0 Å². The normalized spacial score (nSPS) is 15.9. The molecule has 0 saturated carbocycles. The lowest BCUT2D eigenvalue weighted by molar-refractivity contribution is 0.0597. The van der Waals surface area contributed by atoms with Gasteiger partial charge in [0.1, 0.15) is 11.3 Å². The summed E-state index contributed by atoms with van der Waals surface area (Å²) in [4.78, 5) is 11.8. The second-order valence-corrected chi connectivity index (χ2v) is 7.93. The zero-order chi connectivity index (χ0) is 19.4. The monoisotopic (exact) mass is 426 g/mol. The van der Waals surface area contributed by atoms with E-state index in [4.69, 9.17) is 4.74 Å². The number of ether oxygens (including phenoxy) is 2. The van der Waals surface area contributed by atoms with Crippen LogP contribution in [0.3, 0.4) is 0 Å². The Morgan fingerprint density at radius 3 is 2.68 bits per heavy atom. The molecule has 0 radical (unpaired) electrons. The molecule has 0 amide bonds. The third kappa shape index (κ3) is 4.64. The topological polar surface area (TPSA) is 93.7 Å². The molecule has 1 unspecified atom stereocenters. The van der Waals surface area contributed by atoms with Crippen molar-refractivity contribution in [2.45, 2.75) is 17.4 Å². The van der Waals surface area contributed by atoms with Crippen LogP contribution in [0.2, 0.25) is 0 Å². The van der Waals surface area contributed by atoms with Gasteiger partial charge >= 0.3 is 5.97 Å². The number of esters is 1. The SMILES string of the molecule is COC(=O)c1ccc(S(=O)(=O)NCC2NCCc3ccccc32)cc1OC.Cl. The van der Waals surface area contributed by atoms with Crippen molar-refractivity contribution in [2.24, 2.45) is 0 Å². The molecule has 0 bridgehead atoms. The second kappa shape index (κ2) is 9.38. The lowest BCUT2D eigenvalue weighted by Gasteiger charge is -2.27. The summed E-state index contributed by atoms with van der Waals surface area (Å²) in [5.41, 5.74) is 2.50. The van der Waals surface area contributed by atoms with Gasteiger partial charge in [-0.25, -0.2) is 17.9 Å². The van der Waals surface area contributed by atoms with Crippen LogP contribution in [0.4, 0.5) is 0 Å². The Kier molecular flexibility index (Phi) is 7.42. The molecule has 0 aromatic heterocycles. The molecule has 1 atom stereocenters. The summed E-state index contributed by atoms with van der Waals surface area (Å²) < 4.78 is 37.8. The van der Waals surface area contributed by atoms with Crippen molar-refractivity contribution in [2.75, 3.05) is 27.3 Å². The minimum atomic E-state index is -3.77. The highest BCUT2D eigenvalue weighted by Crippen LogP contribution is 2.25. The van der Waals surface area contributed by atoms with Crippen molar-refractivity contribution < 1.29 is 22.7 Å². The zero-order valence-corrected chi connectivity index (χ0v) is 17.2. The molecule has 3 rings (SSSR count). The van der Waals surface area contributed by atoms with Crippen LogP contribution in [0.1, 0.15) is 27.5 Å². The maximum absolute atomic E-state index is 12.7.